The number of nitrogens with two attached hydrogens (primary N) is 1. The van der Waals surface area contributed by atoms with E-state index in [1.807, 2.05) is 9.80 Å². The van der Waals surface area contributed by atoms with Crippen LogP contribution in [-0.4, -0.2) is 128 Å². The van der Waals surface area contributed by atoms with Crippen molar-refractivity contribution in [2.24, 2.45) is 17.8 Å². The van der Waals surface area contributed by atoms with Crippen molar-refractivity contribution >= 4 is 46.8 Å². The number of nitrogens with one attached hydrogen (secondary N) is 4. The lowest BCUT2D eigenvalue weighted by Crippen LogP contribution is -2.58. The molecule has 302 valence electrons. The van der Waals surface area contributed by atoms with E-state index in [0.29, 0.717) is 44.8 Å². The standard InChI is InChI=1S/C37H41ClF3N11O5/c38-27-14-23(47-34(55)33-45-18-24(46-33)13-26-31(21-1-4-28(42)44-17-21)48-49-32(26)37(39,40)41)2-3-25(27)35(56)51-9-11-52(12-10-51)36(57)30(22-15-43-16-22)20-5-7-50(8-6-20)19-29(53)54/h1-4,14,17-18,20,22,30,43H,5-13,15-16,19H2,(H2,42,44)(H,45,46)(H,47,55)(H,48,49)(H,53,54). The van der Waals surface area contributed by atoms with Crippen LogP contribution in [0.3, 0.4) is 0 Å². The Balaban J connectivity index is 0.948. The fourth-order valence-corrected chi connectivity index (χ4v) is 8.05. The number of carboxylic acid groups (broad SMARTS) is 1. The summed E-state index contributed by atoms with van der Waals surface area (Å²) in [4.78, 5) is 67.9. The SMILES string of the molecule is Nc1ccc(-c2n[nH]c(C(F)(F)F)c2Cc2cnc(C(=O)Nc3ccc(C(=O)N4CCN(C(=O)C(C5CCN(CC(=O)O)CC5)C5CNC5)CC4)c(Cl)c3)[nH]2)cn1. The number of carbonyl (C=O) groups is 4. The Bertz CT molecular complexity index is 2120. The highest BCUT2D eigenvalue weighted by molar-refractivity contribution is 6.34. The minimum absolute atomic E-state index is 0.0000528. The van der Waals surface area contributed by atoms with Gasteiger partial charge in [-0.1, -0.05) is 11.6 Å². The van der Waals surface area contributed by atoms with Crippen LogP contribution in [-0.2, 0) is 22.2 Å². The Labute approximate surface area is 329 Å². The quantitative estimate of drug-likeness (QED) is 0.129. The highest BCUT2D eigenvalue weighted by atomic mass is 35.5. The average Bonchev–Trinajstić information content (AvgIpc) is 3.81. The summed E-state index contributed by atoms with van der Waals surface area (Å²) in [6, 6.07) is 7.37. The van der Waals surface area contributed by atoms with Crippen molar-refractivity contribution in [3.63, 3.8) is 0 Å². The molecule has 1 unspecified atom stereocenters. The van der Waals surface area contributed by atoms with Gasteiger partial charge >= 0.3 is 12.1 Å². The van der Waals surface area contributed by atoms with Crippen LogP contribution in [0.25, 0.3) is 11.3 Å². The number of amides is 3. The fourth-order valence-electron chi connectivity index (χ4n) is 7.79. The van der Waals surface area contributed by atoms with Crippen molar-refractivity contribution < 1.29 is 37.5 Å². The number of pyridine rings is 1. The second-order valence-corrected chi connectivity index (χ2v) is 15.0. The maximum absolute atomic E-state index is 13.9. The lowest BCUT2D eigenvalue weighted by atomic mass is 9.73. The molecule has 7 rings (SSSR count). The first-order valence-electron chi connectivity index (χ1n) is 18.5. The molecule has 1 atom stereocenters. The molecule has 3 aliphatic rings. The Hall–Kier alpha value is -5.53. The molecule has 7 N–H and O–H groups in total. The van der Waals surface area contributed by atoms with Gasteiger partial charge in [0.25, 0.3) is 11.8 Å². The number of imidazole rings is 1. The molecular weight excluding hydrogens is 771 g/mol. The summed E-state index contributed by atoms with van der Waals surface area (Å²) in [5, 5.41) is 21.1. The number of aromatic amines is 2. The molecule has 4 aromatic rings. The number of rotatable bonds is 11. The highest BCUT2D eigenvalue weighted by Gasteiger charge is 2.42. The molecule has 3 aliphatic heterocycles. The number of anilines is 2. The molecule has 57 heavy (non-hydrogen) atoms. The van der Waals surface area contributed by atoms with Crippen LogP contribution in [0.15, 0.2) is 42.7 Å². The van der Waals surface area contributed by atoms with E-state index in [9.17, 15) is 32.3 Å². The number of carbonyl (C=O) groups excluding carboxylic acids is 3. The van der Waals surface area contributed by atoms with Gasteiger partial charge in [-0.25, -0.2) is 9.97 Å². The summed E-state index contributed by atoms with van der Waals surface area (Å²) >= 11 is 6.54. The van der Waals surface area contributed by atoms with Crippen LogP contribution in [0.2, 0.25) is 5.02 Å². The number of benzene rings is 1. The smallest absolute Gasteiger partial charge is 0.433 e. The number of likely N-dealkylation sites (tertiary alicyclic amines) is 1. The van der Waals surface area contributed by atoms with Crippen molar-refractivity contribution in [2.45, 2.75) is 25.4 Å². The maximum atomic E-state index is 13.9. The van der Waals surface area contributed by atoms with Gasteiger partial charge in [-0.2, -0.15) is 18.3 Å². The molecule has 0 spiro atoms. The zero-order chi connectivity index (χ0) is 40.4. The number of hydrogen-bond donors (Lipinski definition) is 6. The lowest BCUT2D eigenvalue weighted by Gasteiger charge is -2.45. The van der Waals surface area contributed by atoms with Gasteiger partial charge in [0.1, 0.15) is 11.5 Å². The first-order valence-corrected chi connectivity index (χ1v) is 18.9. The van der Waals surface area contributed by atoms with Gasteiger partial charge in [-0.15, -0.1) is 0 Å². The van der Waals surface area contributed by atoms with Gasteiger partial charge in [-0.3, -0.25) is 29.2 Å². The van der Waals surface area contributed by atoms with E-state index >= 15 is 0 Å². The normalized spacial score (nSPS) is 17.6. The van der Waals surface area contributed by atoms with E-state index in [4.69, 9.17) is 22.4 Å². The van der Waals surface area contributed by atoms with Crippen LogP contribution in [0.1, 0.15) is 50.8 Å². The van der Waals surface area contributed by atoms with E-state index < -0.39 is 23.7 Å². The van der Waals surface area contributed by atoms with Gasteiger partial charge in [0.2, 0.25) is 5.91 Å². The van der Waals surface area contributed by atoms with Crippen molar-refractivity contribution in [3.05, 3.63) is 76.1 Å². The van der Waals surface area contributed by atoms with E-state index in [-0.39, 0.29) is 87.4 Å². The van der Waals surface area contributed by atoms with Gasteiger partial charge < -0.3 is 36.3 Å². The van der Waals surface area contributed by atoms with Gasteiger partial charge in [0.15, 0.2) is 5.82 Å². The Morgan fingerprint density at radius 1 is 0.965 bits per heavy atom. The number of halogens is 4. The van der Waals surface area contributed by atoms with Gasteiger partial charge in [0, 0.05) is 73.4 Å². The second kappa shape index (κ2) is 16.5. The van der Waals surface area contributed by atoms with Crippen LogP contribution >= 0.6 is 11.6 Å². The second-order valence-electron chi connectivity index (χ2n) is 14.5. The van der Waals surface area contributed by atoms with Gasteiger partial charge in [0.05, 0.1) is 22.8 Å². The molecule has 20 heteroatoms. The van der Waals surface area contributed by atoms with Crippen LogP contribution < -0.4 is 16.4 Å². The minimum atomic E-state index is -4.73. The number of nitrogen functional groups attached to an aromatic ring is 1. The molecule has 0 saturated carbocycles. The number of H-pyrrole nitrogens is 2. The zero-order valence-electron chi connectivity index (χ0n) is 30.6. The molecule has 16 nitrogen and oxygen atoms in total. The first-order chi connectivity index (χ1) is 27.2. The molecule has 0 radical (unpaired) electrons. The summed E-state index contributed by atoms with van der Waals surface area (Å²) < 4.78 is 41.6. The molecular formula is C37H41ClF3N11O5. The number of piperidine rings is 1. The molecule has 3 amide bonds. The molecule has 6 heterocycles. The predicted molar refractivity (Wildman–Crippen MR) is 201 cm³/mol. The summed E-state index contributed by atoms with van der Waals surface area (Å²) in [7, 11) is 0. The minimum Gasteiger partial charge on any atom is -0.480 e. The number of nitrogens with zero attached hydrogens (tertiary/aromatic N) is 6. The summed E-state index contributed by atoms with van der Waals surface area (Å²) in [5.41, 5.74) is 5.43. The number of aliphatic carboxylic acids is 1. The summed E-state index contributed by atoms with van der Waals surface area (Å²) in [6.45, 7) is 4.19. The monoisotopic (exact) mass is 811 g/mol. The Kier molecular flexibility index (Phi) is 11.5. The third kappa shape index (κ3) is 8.89. The molecule has 3 aromatic heterocycles. The number of carboxylic acids is 1. The molecule has 3 fully saturated rings. The van der Waals surface area contributed by atoms with Crippen molar-refractivity contribution in [2.75, 3.05) is 70.0 Å². The van der Waals surface area contributed by atoms with Gasteiger partial charge in [-0.05, 0) is 81.2 Å². The number of hydrogen-bond acceptors (Lipinski definition) is 10. The zero-order valence-corrected chi connectivity index (χ0v) is 31.4. The average molecular weight is 812 g/mol. The molecule has 3 saturated heterocycles. The number of piperazine rings is 1. The molecule has 1 aromatic carbocycles. The molecule has 0 bridgehead atoms. The maximum Gasteiger partial charge on any atom is 0.433 e. The third-order valence-corrected chi connectivity index (χ3v) is 11.2. The number of aromatic nitrogens is 5. The van der Waals surface area contributed by atoms with E-state index in [1.165, 1.54) is 42.7 Å². The summed E-state index contributed by atoms with van der Waals surface area (Å²) in [5.74, 6) is -1.52. The Morgan fingerprint density at radius 3 is 2.30 bits per heavy atom. The van der Waals surface area contributed by atoms with Crippen LogP contribution in [0, 0.1) is 17.8 Å². The van der Waals surface area contributed by atoms with E-state index in [0.717, 1.165) is 25.9 Å². The largest absolute Gasteiger partial charge is 0.480 e. The van der Waals surface area contributed by atoms with Crippen molar-refractivity contribution in [1.82, 2.24) is 45.2 Å². The highest BCUT2D eigenvalue weighted by Crippen LogP contribution is 2.37. The fraction of sp³-hybridized carbons (Fsp3) is 0.432. The van der Waals surface area contributed by atoms with E-state index in [1.54, 1.807) is 4.90 Å². The van der Waals surface area contributed by atoms with Crippen LogP contribution in [0.4, 0.5) is 24.7 Å². The lowest BCUT2D eigenvalue weighted by molar-refractivity contribution is -0.144. The molecule has 0 aliphatic carbocycles. The van der Waals surface area contributed by atoms with Crippen LogP contribution in [0.5, 0.6) is 0 Å². The van der Waals surface area contributed by atoms with Crippen molar-refractivity contribution in [3.8, 4) is 11.3 Å². The van der Waals surface area contributed by atoms with E-state index in [2.05, 4.69) is 35.8 Å². The predicted octanol–water partition coefficient (Wildman–Crippen LogP) is 3.21. The Morgan fingerprint density at radius 2 is 1.68 bits per heavy atom. The topological polar surface area (TPSA) is 219 Å². The third-order valence-electron chi connectivity index (χ3n) is 10.9. The number of alkyl halides is 3. The first kappa shape index (κ1) is 39.7. The summed E-state index contributed by atoms with van der Waals surface area (Å²) in [6.07, 6.45) is -0.917. The van der Waals surface area contributed by atoms with Crippen molar-refractivity contribution in [1.29, 1.82) is 0 Å².